The number of rotatable bonds is 4. The van der Waals surface area contributed by atoms with E-state index in [2.05, 4.69) is 69.1 Å². The van der Waals surface area contributed by atoms with Crippen molar-refractivity contribution >= 4 is 17.3 Å². The SMILES string of the molecule is C=C1C=C(c2ccncn2)N=C(N2CCCC(C(=C)N(C)c3ccccc3)C2)N1C. The van der Waals surface area contributed by atoms with Crippen molar-refractivity contribution in [3.63, 3.8) is 0 Å². The van der Waals surface area contributed by atoms with Crippen molar-refractivity contribution in [3.05, 3.63) is 85.2 Å². The molecule has 2 aromatic rings. The molecule has 30 heavy (non-hydrogen) atoms. The molecule has 0 N–H and O–H groups in total. The van der Waals surface area contributed by atoms with Gasteiger partial charge in [0.2, 0.25) is 5.96 Å². The third kappa shape index (κ3) is 3.99. The second kappa shape index (κ2) is 8.53. The number of benzene rings is 1. The lowest BCUT2D eigenvalue weighted by Gasteiger charge is -2.41. The highest BCUT2D eigenvalue weighted by Gasteiger charge is 2.29. The molecule has 6 nitrogen and oxygen atoms in total. The number of aliphatic imine (C=N–C) groups is 1. The van der Waals surface area contributed by atoms with E-state index >= 15 is 0 Å². The molecule has 1 atom stereocenters. The van der Waals surface area contributed by atoms with Crippen molar-refractivity contribution in [3.8, 4) is 0 Å². The van der Waals surface area contributed by atoms with Gasteiger partial charge in [0.1, 0.15) is 6.33 Å². The molecule has 0 bridgehead atoms. The summed E-state index contributed by atoms with van der Waals surface area (Å²) in [5.74, 6) is 1.28. The van der Waals surface area contributed by atoms with E-state index in [4.69, 9.17) is 4.99 Å². The minimum Gasteiger partial charge on any atom is -0.348 e. The molecule has 154 valence electrons. The fourth-order valence-corrected chi connectivity index (χ4v) is 3.98. The summed E-state index contributed by atoms with van der Waals surface area (Å²) in [6.45, 7) is 10.5. The first kappa shape index (κ1) is 19.9. The van der Waals surface area contributed by atoms with Crippen molar-refractivity contribution in [1.29, 1.82) is 0 Å². The summed E-state index contributed by atoms with van der Waals surface area (Å²) < 4.78 is 0. The molecule has 0 spiro atoms. The minimum atomic E-state index is 0.363. The van der Waals surface area contributed by atoms with Gasteiger partial charge < -0.3 is 14.7 Å². The number of aromatic nitrogens is 2. The molecule has 0 aliphatic carbocycles. The van der Waals surface area contributed by atoms with Crippen LogP contribution in [0, 0.1) is 5.92 Å². The van der Waals surface area contributed by atoms with Crippen LogP contribution in [0.2, 0.25) is 0 Å². The molecule has 4 rings (SSSR count). The van der Waals surface area contributed by atoms with Crippen LogP contribution in [0.3, 0.4) is 0 Å². The topological polar surface area (TPSA) is 47.9 Å². The predicted octanol–water partition coefficient (Wildman–Crippen LogP) is 3.99. The molecule has 0 amide bonds. The molecule has 3 heterocycles. The van der Waals surface area contributed by atoms with Gasteiger partial charge in [-0.1, -0.05) is 31.4 Å². The second-order valence-corrected chi connectivity index (χ2v) is 7.76. The lowest BCUT2D eigenvalue weighted by molar-refractivity contribution is 0.261. The van der Waals surface area contributed by atoms with Gasteiger partial charge in [0.15, 0.2) is 0 Å². The Morgan fingerprint density at radius 2 is 2.00 bits per heavy atom. The Balaban J connectivity index is 1.55. The monoisotopic (exact) mass is 400 g/mol. The number of anilines is 1. The Labute approximate surface area is 178 Å². The van der Waals surface area contributed by atoms with Crippen molar-refractivity contribution in [2.75, 3.05) is 32.1 Å². The summed E-state index contributed by atoms with van der Waals surface area (Å²) in [5.41, 5.74) is 4.82. The van der Waals surface area contributed by atoms with E-state index in [0.717, 1.165) is 60.4 Å². The van der Waals surface area contributed by atoms with Crippen LogP contribution in [0.5, 0.6) is 0 Å². The highest BCUT2D eigenvalue weighted by molar-refractivity contribution is 5.90. The van der Waals surface area contributed by atoms with Gasteiger partial charge >= 0.3 is 0 Å². The number of likely N-dealkylation sites (tertiary alicyclic amines) is 1. The fourth-order valence-electron chi connectivity index (χ4n) is 3.98. The van der Waals surface area contributed by atoms with Gasteiger partial charge in [-0.2, -0.15) is 0 Å². The number of hydrogen-bond donors (Lipinski definition) is 0. The Hall–Kier alpha value is -3.41. The molecular formula is C24H28N6. The Morgan fingerprint density at radius 3 is 2.73 bits per heavy atom. The van der Waals surface area contributed by atoms with Crippen molar-refractivity contribution in [2.24, 2.45) is 10.9 Å². The number of allylic oxidation sites excluding steroid dienone is 1. The van der Waals surface area contributed by atoms with E-state index in [9.17, 15) is 0 Å². The summed E-state index contributed by atoms with van der Waals surface area (Å²) in [4.78, 5) is 19.9. The van der Waals surface area contributed by atoms with Gasteiger partial charge in [-0.25, -0.2) is 15.0 Å². The van der Waals surface area contributed by atoms with Gasteiger partial charge in [-0.3, -0.25) is 0 Å². The summed E-state index contributed by atoms with van der Waals surface area (Å²) in [6.07, 6.45) is 7.47. The van der Waals surface area contributed by atoms with E-state index in [1.165, 1.54) is 0 Å². The zero-order chi connectivity index (χ0) is 21.1. The normalized spacial score (nSPS) is 19.3. The van der Waals surface area contributed by atoms with Crippen molar-refractivity contribution in [1.82, 2.24) is 19.8 Å². The van der Waals surface area contributed by atoms with Crippen molar-refractivity contribution in [2.45, 2.75) is 12.8 Å². The van der Waals surface area contributed by atoms with E-state index in [1.807, 2.05) is 25.3 Å². The summed E-state index contributed by atoms with van der Waals surface area (Å²) in [5, 5.41) is 0. The Bertz CT molecular complexity index is 979. The maximum absolute atomic E-state index is 4.94. The third-order valence-corrected chi connectivity index (χ3v) is 5.85. The van der Waals surface area contributed by atoms with Gasteiger partial charge in [0, 0.05) is 56.4 Å². The molecule has 1 aromatic heterocycles. The highest BCUT2D eigenvalue weighted by Crippen LogP contribution is 2.30. The molecule has 2 aliphatic heterocycles. The van der Waals surface area contributed by atoms with Crippen LogP contribution in [0.15, 0.2) is 84.5 Å². The first-order valence-corrected chi connectivity index (χ1v) is 10.3. The maximum Gasteiger partial charge on any atom is 0.206 e. The fraction of sp³-hybridized carbons (Fsp3) is 0.292. The quantitative estimate of drug-likeness (QED) is 0.777. The maximum atomic E-state index is 4.94. The van der Waals surface area contributed by atoms with Crippen LogP contribution in [0.4, 0.5) is 5.69 Å². The van der Waals surface area contributed by atoms with Gasteiger partial charge in [0.25, 0.3) is 0 Å². The lowest BCUT2D eigenvalue weighted by Crippen LogP contribution is -2.48. The standard InChI is InChI=1S/C24H28N6/c1-18-15-23(22-12-13-25-17-26-22)27-24(28(18)3)30-14-8-9-20(16-30)19(2)29(4)21-10-6-5-7-11-21/h5-7,10-13,15,17,20H,1-2,8-9,14,16H2,3-4H3. The lowest BCUT2D eigenvalue weighted by atomic mass is 9.94. The van der Waals surface area contributed by atoms with Gasteiger partial charge in [0.05, 0.1) is 11.4 Å². The number of guanidine groups is 1. The average Bonchev–Trinajstić information content (AvgIpc) is 2.81. The number of nitrogens with zero attached hydrogens (tertiary/aromatic N) is 6. The number of likely N-dealkylation sites (N-methyl/N-ethyl adjacent to an activating group) is 1. The molecular weight excluding hydrogens is 372 g/mol. The minimum absolute atomic E-state index is 0.363. The second-order valence-electron chi connectivity index (χ2n) is 7.76. The molecule has 2 aliphatic rings. The van der Waals surface area contributed by atoms with Crippen LogP contribution >= 0.6 is 0 Å². The molecule has 0 radical (unpaired) electrons. The predicted molar refractivity (Wildman–Crippen MR) is 123 cm³/mol. The molecule has 0 saturated carbocycles. The average molecular weight is 401 g/mol. The summed E-state index contributed by atoms with van der Waals surface area (Å²) in [6, 6.07) is 12.3. The number of hydrogen-bond acceptors (Lipinski definition) is 6. The van der Waals surface area contributed by atoms with Crippen LogP contribution < -0.4 is 4.90 Å². The van der Waals surface area contributed by atoms with E-state index in [0.29, 0.717) is 5.92 Å². The molecule has 1 fully saturated rings. The van der Waals surface area contributed by atoms with Crippen LogP contribution in [-0.4, -0.2) is 52.9 Å². The zero-order valence-corrected chi connectivity index (χ0v) is 17.7. The van der Waals surface area contributed by atoms with Gasteiger partial charge in [-0.05, 0) is 37.1 Å². The van der Waals surface area contributed by atoms with E-state index in [1.54, 1.807) is 12.5 Å². The van der Waals surface area contributed by atoms with E-state index < -0.39 is 0 Å². The third-order valence-electron chi connectivity index (χ3n) is 5.85. The van der Waals surface area contributed by atoms with Crippen LogP contribution in [0.1, 0.15) is 18.5 Å². The van der Waals surface area contributed by atoms with Crippen molar-refractivity contribution < 1.29 is 0 Å². The van der Waals surface area contributed by atoms with Crippen LogP contribution in [0.25, 0.3) is 5.70 Å². The first-order valence-electron chi connectivity index (χ1n) is 10.3. The number of piperidine rings is 1. The molecule has 1 unspecified atom stereocenters. The van der Waals surface area contributed by atoms with Crippen LogP contribution in [-0.2, 0) is 0 Å². The zero-order valence-electron chi connectivity index (χ0n) is 17.7. The highest BCUT2D eigenvalue weighted by atomic mass is 15.4. The molecule has 1 aromatic carbocycles. The summed E-state index contributed by atoms with van der Waals surface area (Å²) in [7, 11) is 4.11. The Morgan fingerprint density at radius 1 is 1.20 bits per heavy atom. The first-order chi connectivity index (χ1) is 14.5. The molecule has 6 heteroatoms. The van der Waals surface area contributed by atoms with E-state index in [-0.39, 0.29) is 0 Å². The summed E-state index contributed by atoms with van der Waals surface area (Å²) >= 11 is 0. The van der Waals surface area contributed by atoms with Gasteiger partial charge in [-0.15, -0.1) is 0 Å². The largest absolute Gasteiger partial charge is 0.348 e. The molecule has 1 saturated heterocycles. The smallest absolute Gasteiger partial charge is 0.206 e. The Kier molecular flexibility index (Phi) is 5.65. The number of para-hydroxylation sites is 1.